The standard InChI is InChI=1S/C27H36N4O5/c1-19(2)30-31-25(33)23(18-35-17-21-14-10-7-11-15-21)28-24(32)22(16-20-12-8-6-9-13-20)29-26(34)36-27(3,4)5/h6-15,22-23H,16-18H2,1-5H3,(H,28,32)(H,29,34)(H,31,33). The number of ether oxygens (including phenoxy) is 2. The highest BCUT2D eigenvalue weighted by Gasteiger charge is 2.29. The van der Waals surface area contributed by atoms with E-state index in [0.29, 0.717) is 5.71 Å². The molecule has 0 saturated heterocycles. The van der Waals surface area contributed by atoms with Crippen LogP contribution in [0.25, 0.3) is 0 Å². The van der Waals surface area contributed by atoms with Gasteiger partial charge in [-0.2, -0.15) is 5.10 Å². The summed E-state index contributed by atoms with van der Waals surface area (Å²) >= 11 is 0. The van der Waals surface area contributed by atoms with E-state index in [1.807, 2.05) is 60.7 Å². The number of carbonyl (C=O) groups is 3. The average Bonchev–Trinajstić information content (AvgIpc) is 2.81. The van der Waals surface area contributed by atoms with Gasteiger partial charge in [-0.3, -0.25) is 9.59 Å². The van der Waals surface area contributed by atoms with Crippen LogP contribution in [0.1, 0.15) is 45.7 Å². The zero-order valence-corrected chi connectivity index (χ0v) is 21.5. The van der Waals surface area contributed by atoms with E-state index >= 15 is 0 Å². The molecule has 0 aliphatic heterocycles. The fourth-order valence-corrected chi connectivity index (χ4v) is 3.08. The quantitative estimate of drug-likeness (QED) is 0.326. The first-order chi connectivity index (χ1) is 17.0. The normalized spacial score (nSPS) is 12.6. The van der Waals surface area contributed by atoms with E-state index in [4.69, 9.17) is 9.47 Å². The minimum absolute atomic E-state index is 0.0881. The molecule has 36 heavy (non-hydrogen) atoms. The lowest BCUT2D eigenvalue weighted by Crippen LogP contribution is -2.55. The highest BCUT2D eigenvalue weighted by Crippen LogP contribution is 2.09. The molecule has 0 aliphatic rings. The van der Waals surface area contributed by atoms with Crippen LogP contribution >= 0.6 is 0 Å². The lowest BCUT2D eigenvalue weighted by Gasteiger charge is -2.25. The SMILES string of the molecule is CC(C)=NNC(=O)C(COCc1ccccc1)NC(=O)C(Cc1ccccc1)NC(=O)OC(C)(C)C. The number of benzene rings is 2. The topological polar surface area (TPSA) is 118 Å². The van der Waals surface area contributed by atoms with Crippen LogP contribution in [0.2, 0.25) is 0 Å². The minimum atomic E-state index is -1.04. The lowest BCUT2D eigenvalue weighted by atomic mass is 10.0. The van der Waals surface area contributed by atoms with Gasteiger partial charge in [0.15, 0.2) is 0 Å². The molecule has 0 aromatic heterocycles. The number of rotatable bonds is 11. The summed E-state index contributed by atoms with van der Waals surface area (Å²) in [6, 6.07) is 16.7. The molecule has 0 heterocycles. The van der Waals surface area contributed by atoms with Crippen LogP contribution in [0.5, 0.6) is 0 Å². The van der Waals surface area contributed by atoms with Crippen molar-refractivity contribution in [2.45, 2.75) is 65.3 Å². The third-order valence-corrected chi connectivity index (χ3v) is 4.71. The van der Waals surface area contributed by atoms with Crippen molar-refractivity contribution >= 4 is 23.6 Å². The van der Waals surface area contributed by atoms with Crippen LogP contribution in [0.15, 0.2) is 65.8 Å². The van der Waals surface area contributed by atoms with E-state index in [2.05, 4.69) is 21.2 Å². The Kier molecular flexibility index (Phi) is 11.1. The zero-order chi connectivity index (χ0) is 26.6. The highest BCUT2D eigenvalue weighted by molar-refractivity contribution is 5.92. The number of carbonyl (C=O) groups excluding carboxylic acids is 3. The zero-order valence-electron chi connectivity index (χ0n) is 21.5. The number of nitrogens with zero attached hydrogens (tertiary/aromatic N) is 1. The molecular weight excluding hydrogens is 460 g/mol. The fraction of sp³-hybridized carbons (Fsp3) is 0.407. The van der Waals surface area contributed by atoms with Crippen LogP contribution in [-0.4, -0.2) is 47.9 Å². The largest absolute Gasteiger partial charge is 0.444 e. The molecule has 0 fully saturated rings. The molecule has 0 bridgehead atoms. The number of hydrogen-bond donors (Lipinski definition) is 3. The molecule has 0 radical (unpaired) electrons. The summed E-state index contributed by atoms with van der Waals surface area (Å²) in [5, 5.41) is 9.27. The van der Waals surface area contributed by atoms with Crippen LogP contribution in [0.4, 0.5) is 4.79 Å². The Balaban J connectivity index is 2.15. The van der Waals surface area contributed by atoms with E-state index in [1.165, 1.54) is 0 Å². The van der Waals surface area contributed by atoms with Crippen molar-refractivity contribution in [3.8, 4) is 0 Å². The van der Waals surface area contributed by atoms with E-state index in [-0.39, 0.29) is 19.6 Å². The van der Waals surface area contributed by atoms with Crippen LogP contribution in [0.3, 0.4) is 0 Å². The first-order valence-electron chi connectivity index (χ1n) is 11.8. The van der Waals surface area contributed by atoms with Gasteiger partial charge < -0.3 is 20.1 Å². The summed E-state index contributed by atoms with van der Waals surface area (Å²) in [7, 11) is 0. The molecule has 0 spiro atoms. The molecule has 2 rings (SSSR count). The summed E-state index contributed by atoms with van der Waals surface area (Å²) in [6.07, 6.45) is -0.525. The average molecular weight is 497 g/mol. The minimum Gasteiger partial charge on any atom is -0.444 e. The molecule has 194 valence electrons. The molecular formula is C27H36N4O5. The van der Waals surface area contributed by atoms with Gasteiger partial charge in [0.1, 0.15) is 17.7 Å². The first-order valence-corrected chi connectivity index (χ1v) is 11.8. The van der Waals surface area contributed by atoms with Gasteiger partial charge in [-0.25, -0.2) is 10.2 Å². The second-order valence-electron chi connectivity index (χ2n) is 9.49. The monoisotopic (exact) mass is 496 g/mol. The number of hydrogen-bond acceptors (Lipinski definition) is 6. The number of nitrogens with one attached hydrogen (secondary N) is 3. The van der Waals surface area contributed by atoms with Gasteiger partial charge in [-0.05, 0) is 45.7 Å². The maximum Gasteiger partial charge on any atom is 0.408 e. The Labute approximate surface area is 212 Å². The second kappa shape index (κ2) is 14.0. The Bertz CT molecular complexity index is 1020. The van der Waals surface area contributed by atoms with E-state index in [0.717, 1.165) is 11.1 Å². The lowest BCUT2D eigenvalue weighted by molar-refractivity contribution is -0.131. The second-order valence-corrected chi connectivity index (χ2v) is 9.49. The van der Waals surface area contributed by atoms with Crippen LogP contribution in [-0.2, 0) is 32.1 Å². The maximum atomic E-state index is 13.3. The summed E-state index contributed by atoms with van der Waals surface area (Å²) in [5.74, 6) is -1.08. The van der Waals surface area contributed by atoms with Crippen molar-refractivity contribution in [1.82, 2.24) is 16.1 Å². The Morgan fingerprint density at radius 2 is 1.42 bits per heavy atom. The van der Waals surface area contributed by atoms with Crippen molar-refractivity contribution in [3.05, 3.63) is 71.8 Å². The molecule has 2 aromatic rings. The molecule has 3 amide bonds. The summed E-state index contributed by atoms with van der Waals surface area (Å²) in [5.41, 5.74) is 4.11. The van der Waals surface area contributed by atoms with E-state index in [9.17, 15) is 14.4 Å². The van der Waals surface area contributed by atoms with Gasteiger partial charge in [0, 0.05) is 12.1 Å². The molecule has 2 aromatic carbocycles. The Morgan fingerprint density at radius 3 is 1.97 bits per heavy atom. The third-order valence-electron chi connectivity index (χ3n) is 4.71. The molecule has 2 unspecified atom stereocenters. The summed E-state index contributed by atoms with van der Waals surface area (Å²) in [6.45, 7) is 8.86. The van der Waals surface area contributed by atoms with Gasteiger partial charge in [0.25, 0.3) is 5.91 Å². The number of alkyl carbamates (subject to hydrolysis) is 1. The number of hydrazone groups is 1. The predicted octanol–water partition coefficient (Wildman–Crippen LogP) is 3.34. The van der Waals surface area contributed by atoms with Gasteiger partial charge in [0.05, 0.1) is 13.2 Å². The summed E-state index contributed by atoms with van der Waals surface area (Å²) < 4.78 is 11.1. The number of amides is 3. The van der Waals surface area contributed by atoms with Crippen molar-refractivity contribution in [2.75, 3.05) is 6.61 Å². The van der Waals surface area contributed by atoms with Crippen molar-refractivity contribution < 1.29 is 23.9 Å². The van der Waals surface area contributed by atoms with Gasteiger partial charge in [-0.15, -0.1) is 0 Å². The summed E-state index contributed by atoms with van der Waals surface area (Å²) in [4.78, 5) is 38.5. The Morgan fingerprint density at radius 1 is 0.833 bits per heavy atom. The third kappa shape index (κ3) is 11.1. The van der Waals surface area contributed by atoms with Crippen LogP contribution in [0, 0.1) is 0 Å². The molecule has 9 heteroatoms. The van der Waals surface area contributed by atoms with Crippen molar-refractivity contribution in [3.63, 3.8) is 0 Å². The molecule has 0 aliphatic carbocycles. The van der Waals surface area contributed by atoms with E-state index in [1.54, 1.807) is 34.6 Å². The van der Waals surface area contributed by atoms with Crippen LogP contribution < -0.4 is 16.1 Å². The van der Waals surface area contributed by atoms with Gasteiger partial charge in [0.2, 0.25) is 5.91 Å². The molecule has 2 atom stereocenters. The first kappa shape index (κ1) is 28.5. The Hall–Kier alpha value is -3.72. The van der Waals surface area contributed by atoms with E-state index < -0.39 is 35.6 Å². The molecule has 9 nitrogen and oxygen atoms in total. The molecule has 0 saturated carbocycles. The smallest absolute Gasteiger partial charge is 0.408 e. The van der Waals surface area contributed by atoms with Gasteiger partial charge >= 0.3 is 6.09 Å². The highest BCUT2D eigenvalue weighted by atomic mass is 16.6. The maximum absolute atomic E-state index is 13.3. The van der Waals surface area contributed by atoms with Crippen molar-refractivity contribution in [1.29, 1.82) is 0 Å². The fourth-order valence-electron chi connectivity index (χ4n) is 3.08. The molecule has 3 N–H and O–H groups in total. The van der Waals surface area contributed by atoms with Gasteiger partial charge in [-0.1, -0.05) is 60.7 Å². The predicted molar refractivity (Wildman–Crippen MR) is 138 cm³/mol. The van der Waals surface area contributed by atoms with Crippen molar-refractivity contribution in [2.24, 2.45) is 5.10 Å².